The Kier molecular flexibility index (Phi) is 4.95. The zero-order valence-corrected chi connectivity index (χ0v) is 8.54. The van der Waals surface area contributed by atoms with Gasteiger partial charge in [0.05, 0.1) is 6.61 Å². The van der Waals surface area contributed by atoms with E-state index in [1.165, 1.54) is 0 Å². The number of nitrogens with one attached hydrogen (secondary N) is 2. The molecule has 14 heavy (non-hydrogen) atoms. The molecule has 1 aromatic heterocycles. The minimum absolute atomic E-state index is 0.469. The number of rotatable bonds is 7. The third kappa shape index (κ3) is 4.20. The van der Waals surface area contributed by atoms with Gasteiger partial charge in [-0.1, -0.05) is 5.16 Å². The van der Waals surface area contributed by atoms with E-state index in [0.29, 0.717) is 11.8 Å². The highest BCUT2D eigenvalue weighted by Crippen LogP contribution is 1.99. The molecular formula is C8H16N4O2. The molecule has 0 spiro atoms. The van der Waals surface area contributed by atoms with Crippen LogP contribution in [0.4, 0.5) is 6.01 Å². The van der Waals surface area contributed by atoms with Crippen molar-refractivity contribution in [3.05, 3.63) is 5.82 Å². The standard InChI is InChI=1S/C8H16N4O2/c1-7-11-8(14-12-7)10-4-3-9-5-6-13-2/h9H,3-6H2,1-2H3,(H,10,11,12). The van der Waals surface area contributed by atoms with Gasteiger partial charge in [-0.05, 0) is 6.92 Å². The van der Waals surface area contributed by atoms with Crippen LogP contribution in [-0.4, -0.2) is 43.5 Å². The van der Waals surface area contributed by atoms with E-state index in [1.807, 2.05) is 0 Å². The van der Waals surface area contributed by atoms with Crippen molar-refractivity contribution in [2.45, 2.75) is 6.92 Å². The predicted molar refractivity (Wildman–Crippen MR) is 52.3 cm³/mol. The van der Waals surface area contributed by atoms with Gasteiger partial charge in [-0.15, -0.1) is 0 Å². The minimum atomic E-state index is 0.469. The first-order valence-corrected chi connectivity index (χ1v) is 4.57. The quantitative estimate of drug-likeness (QED) is 0.605. The molecule has 0 aliphatic heterocycles. The number of aromatic nitrogens is 2. The van der Waals surface area contributed by atoms with E-state index in [-0.39, 0.29) is 0 Å². The van der Waals surface area contributed by atoms with Gasteiger partial charge in [0.25, 0.3) is 0 Å². The molecule has 0 unspecified atom stereocenters. The predicted octanol–water partition coefficient (Wildman–Crippen LogP) is 0.0259. The first-order valence-electron chi connectivity index (χ1n) is 4.57. The van der Waals surface area contributed by atoms with Crippen LogP contribution in [0.2, 0.25) is 0 Å². The number of nitrogens with zero attached hydrogens (tertiary/aromatic N) is 2. The van der Waals surface area contributed by atoms with Crippen LogP contribution in [0.15, 0.2) is 4.52 Å². The molecule has 1 aromatic rings. The molecule has 0 aromatic carbocycles. The third-order valence-electron chi connectivity index (χ3n) is 1.59. The highest BCUT2D eigenvalue weighted by molar-refractivity contribution is 5.17. The molecule has 0 saturated heterocycles. The van der Waals surface area contributed by atoms with Crippen molar-refractivity contribution >= 4 is 6.01 Å². The number of methoxy groups -OCH3 is 1. The summed E-state index contributed by atoms with van der Waals surface area (Å²) in [6, 6.07) is 0.469. The van der Waals surface area contributed by atoms with Gasteiger partial charge in [0, 0.05) is 26.7 Å². The summed E-state index contributed by atoms with van der Waals surface area (Å²) >= 11 is 0. The van der Waals surface area contributed by atoms with Crippen molar-refractivity contribution in [3.8, 4) is 0 Å². The average Bonchev–Trinajstić information content (AvgIpc) is 2.58. The van der Waals surface area contributed by atoms with E-state index >= 15 is 0 Å². The van der Waals surface area contributed by atoms with Crippen molar-refractivity contribution in [1.29, 1.82) is 0 Å². The molecule has 0 aliphatic carbocycles. The van der Waals surface area contributed by atoms with Crippen LogP contribution < -0.4 is 10.6 Å². The van der Waals surface area contributed by atoms with Gasteiger partial charge < -0.3 is 19.9 Å². The normalized spacial score (nSPS) is 10.4. The molecule has 0 atom stereocenters. The first kappa shape index (κ1) is 10.9. The Labute approximate surface area is 83.0 Å². The molecule has 0 fully saturated rings. The van der Waals surface area contributed by atoms with Gasteiger partial charge in [0.15, 0.2) is 5.82 Å². The number of hydrogen-bond donors (Lipinski definition) is 2. The lowest BCUT2D eigenvalue weighted by molar-refractivity contribution is 0.200. The van der Waals surface area contributed by atoms with E-state index < -0.39 is 0 Å². The number of hydrogen-bond acceptors (Lipinski definition) is 6. The molecule has 2 N–H and O–H groups in total. The lowest BCUT2D eigenvalue weighted by Gasteiger charge is -2.03. The van der Waals surface area contributed by atoms with Crippen LogP contribution in [-0.2, 0) is 4.74 Å². The zero-order chi connectivity index (χ0) is 10.2. The molecule has 80 valence electrons. The van der Waals surface area contributed by atoms with E-state index in [9.17, 15) is 0 Å². The van der Waals surface area contributed by atoms with E-state index in [0.717, 1.165) is 26.2 Å². The Bertz CT molecular complexity index is 251. The lowest BCUT2D eigenvalue weighted by atomic mass is 10.6. The van der Waals surface area contributed by atoms with Gasteiger partial charge in [-0.2, -0.15) is 4.98 Å². The topological polar surface area (TPSA) is 72.2 Å². The fourth-order valence-corrected chi connectivity index (χ4v) is 0.926. The Morgan fingerprint density at radius 1 is 1.36 bits per heavy atom. The highest BCUT2D eigenvalue weighted by Gasteiger charge is 1.99. The van der Waals surface area contributed by atoms with Gasteiger partial charge >= 0.3 is 6.01 Å². The molecule has 6 nitrogen and oxygen atoms in total. The summed E-state index contributed by atoms with van der Waals surface area (Å²) < 4.78 is 9.75. The summed E-state index contributed by atoms with van der Waals surface area (Å²) in [7, 11) is 1.68. The fraction of sp³-hybridized carbons (Fsp3) is 0.750. The monoisotopic (exact) mass is 200 g/mol. The van der Waals surface area contributed by atoms with Gasteiger partial charge in [0.2, 0.25) is 0 Å². The Hall–Kier alpha value is -1.14. The number of ether oxygens (including phenoxy) is 1. The van der Waals surface area contributed by atoms with Gasteiger partial charge in [-0.25, -0.2) is 0 Å². The van der Waals surface area contributed by atoms with Crippen molar-refractivity contribution in [2.75, 3.05) is 38.7 Å². The maximum atomic E-state index is 4.89. The van der Waals surface area contributed by atoms with E-state index in [1.54, 1.807) is 14.0 Å². The molecule has 6 heteroatoms. The van der Waals surface area contributed by atoms with Gasteiger partial charge in [-0.3, -0.25) is 0 Å². The molecule has 0 amide bonds. The third-order valence-corrected chi connectivity index (χ3v) is 1.59. The second-order valence-corrected chi connectivity index (χ2v) is 2.82. The summed E-state index contributed by atoms with van der Waals surface area (Å²) in [4.78, 5) is 4.00. The summed E-state index contributed by atoms with van der Waals surface area (Å²) in [5, 5.41) is 9.84. The highest BCUT2D eigenvalue weighted by atomic mass is 16.5. The summed E-state index contributed by atoms with van der Waals surface area (Å²) in [5.74, 6) is 0.639. The van der Waals surface area contributed by atoms with Crippen LogP contribution >= 0.6 is 0 Å². The zero-order valence-electron chi connectivity index (χ0n) is 8.54. The average molecular weight is 200 g/mol. The largest absolute Gasteiger partial charge is 0.383 e. The first-order chi connectivity index (χ1) is 6.83. The second-order valence-electron chi connectivity index (χ2n) is 2.82. The SMILES string of the molecule is COCCNCCNc1nc(C)no1. The van der Waals surface area contributed by atoms with E-state index in [2.05, 4.69) is 20.8 Å². The van der Waals surface area contributed by atoms with Crippen LogP contribution in [0.5, 0.6) is 0 Å². The molecule has 1 rings (SSSR count). The maximum absolute atomic E-state index is 4.89. The van der Waals surface area contributed by atoms with Gasteiger partial charge in [0.1, 0.15) is 0 Å². The maximum Gasteiger partial charge on any atom is 0.321 e. The number of aryl methyl sites for hydroxylation is 1. The van der Waals surface area contributed by atoms with Crippen LogP contribution in [0.3, 0.4) is 0 Å². The lowest BCUT2D eigenvalue weighted by Crippen LogP contribution is -2.25. The fourth-order valence-electron chi connectivity index (χ4n) is 0.926. The minimum Gasteiger partial charge on any atom is -0.383 e. The Balaban J connectivity index is 1.99. The van der Waals surface area contributed by atoms with Crippen molar-refractivity contribution in [2.24, 2.45) is 0 Å². The van der Waals surface area contributed by atoms with Crippen LogP contribution in [0.1, 0.15) is 5.82 Å². The summed E-state index contributed by atoms with van der Waals surface area (Å²) in [5.41, 5.74) is 0. The summed E-state index contributed by atoms with van der Waals surface area (Å²) in [6.07, 6.45) is 0. The van der Waals surface area contributed by atoms with Crippen LogP contribution in [0, 0.1) is 6.92 Å². The van der Waals surface area contributed by atoms with E-state index in [4.69, 9.17) is 9.26 Å². The molecular weight excluding hydrogens is 184 g/mol. The molecule has 0 saturated carbocycles. The second kappa shape index (κ2) is 6.33. The van der Waals surface area contributed by atoms with Crippen LogP contribution in [0.25, 0.3) is 0 Å². The van der Waals surface area contributed by atoms with Crippen molar-refractivity contribution < 1.29 is 9.26 Å². The molecule has 0 aliphatic rings. The van der Waals surface area contributed by atoms with Crippen molar-refractivity contribution in [1.82, 2.24) is 15.5 Å². The molecule has 0 bridgehead atoms. The smallest absolute Gasteiger partial charge is 0.321 e. The molecule has 0 radical (unpaired) electrons. The Morgan fingerprint density at radius 3 is 2.86 bits per heavy atom. The van der Waals surface area contributed by atoms with Crippen molar-refractivity contribution in [3.63, 3.8) is 0 Å². The Morgan fingerprint density at radius 2 is 2.21 bits per heavy atom. The number of anilines is 1. The summed E-state index contributed by atoms with van der Waals surface area (Å²) in [6.45, 7) is 4.95. The molecule has 1 heterocycles.